The number of rotatable bonds is 3. The van der Waals surface area contributed by atoms with E-state index in [0.717, 1.165) is 24.5 Å². The van der Waals surface area contributed by atoms with Crippen LogP contribution < -0.4 is 4.90 Å². The highest BCUT2D eigenvalue weighted by atomic mass is 19.3. The second-order valence-corrected chi connectivity index (χ2v) is 8.55. The molecule has 4 aromatic rings. The molecule has 3 aromatic heterocycles. The zero-order valence-electron chi connectivity index (χ0n) is 19.5. The van der Waals surface area contributed by atoms with Crippen molar-refractivity contribution in [1.29, 1.82) is 0 Å². The van der Waals surface area contributed by atoms with Crippen LogP contribution in [0.25, 0.3) is 11.1 Å². The molecule has 0 saturated carbocycles. The first-order valence-corrected chi connectivity index (χ1v) is 11.4. The van der Waals surface area contributed by atoms with Crippen LogP contribution in [-0.2, 0) is 13.0 Å². The van der Waals surface area contributed by atoms with Crippen LogP contribution in [0.5, 0.6) is 0 Å². The molecule has 1 saturated heterocycles. The fourth-order valence-corrected chi connectivity index (χ4v) is 4.14. The van der Waals surface area contributed by atoms with Gasteiger partial charge in [-0.25, -0.2) is 23.1 Å². The Labute approximate surface area is 203 Å². The number of H-pyrrole nitrogens is 1. The van der Waals surface area contributed by atoms with Crippen molar-refractivity contribution in [1.82, 2.24) is 29.7 Å². The van der Waals surface area contributed by atoms with Crippen LogP contribution in [0, 0.1) is 5.82 Å². The number of nitrogens with one attached hydrogen (secondary N) is 1. The number of aromatic nitrogens is 4. The number of piperazine rings is 1. The Bertz CT molecular complexity index is 1340. The zero-order valence-corrected chi connectivity index (χ0v) is 19.5. The van der Waals surface area contributed by atoms with E-state index < -0.39 is 18.0 Å². The van der Waals surface area contributed by atoms with Crippen molar-refractivity contribution in [2.45, 2.75) is 19.4 Å². The lowest BCUT2D eigenvalue weighted by Gasteiger charge is -2.31. The minimum absolute atomic E-state index is 0.0935. The molecular weight excluding hydrogens is 479 g/mol. The number of imidazole rings is 1. The van der Waals surface area contributed by atoms with Gasteiger partial charge >= 0.3 is 0 Å². The molecule has 0 radical (unpaired) electrons. The number of hydrogen-bond acceptors (Lipinski definition) is 8. The Hall–Kier alpha value is -3.87. The number of likely N-dealkylation sites (N-methyl/N-ethyl adjacent to an activating group) is 1. The number of alkyl halides is 2. The van der Waals surface area contributed by atoms with Crippen LogP contribution in [0.1, 0.15) is 34.1 Å². The van der Waals surface area contributed by atoms with Gasteiger partial charge in [0.15, 0.2) is 23.5 Å². The number of carbonyl (C=O) groups excluding carboxylic acids is 1. The second kappa shape index (κ2) is 10.0. The second-order valence-electron chi connectivity index (χ2n) is 8.55. The first-order chi connectivity index (χ1) is 17.4. The lowest BCUT2D eigenvalue weighted by molar-refractivity contribution is 0.0684. The van der Waals surface area contributed by atoms with Crippen LogP contribution in [0.15, 0.2) is 39.8 Å². The zero-order chi connectivity index (χ0) is 25.2. The van der Waals surface area contributed by atoms with Crippen molar-refractivity contribution in [3.63, 3.8) is 0 Å². The Morgan fingerprint density at radius 2 is 1.94 bits per heavy atom. The van der Waals surface area contributed by atoms with Gasteiger partial charge in [-0.1, -0.05) is 6.07 Å². The standard InChI is InChI=1S/C16H20F2N6O2.C7H4FNO/c1-22-4-6-23(7-5-22)16-21-12(14(17)18)13(26-16)15(25)24-3-2-10-11(8-24)20-9-19-10;8-5-2-1-3-6-7(5)10-4-9-6/h9,14H,2-8H2,1H3,(H,19,20);1-4H. The number of halogens is 3. The fraction of sp³-hybridized carbons (Fsp3) is 0.391. The third kappa shape index (κ3) is 4.78. The number of anilines is 1. The van der Waals surface area contributed by atoms with Gasteiger partial charge in [0.25, 0.3) is 18.3 Å². The molecule has 1 N–H and O–H groups in total. The van der Waals surface area contributed by atoms with Gasteiger partial charge in [-0.05, 0) is 19.2 Å². The van der Waals surface area contributed by atoms with Gasteiger partial charge in [-0.3, -0.25) is 4.79 Å². The summed E-state index contributed by atoms with van der Waals surface area (Å²) in [6, 6.07) is 4.73. The molecule has 0 unspecified atom stereocenters. The van der Waals surface area contributed by atoms with E-state index in [-0.39, 0.29) is 23.2 Å². The maximum absolute atomic E-state index is 13.5. The normalized spacial score (nSPS) is 16.2. The summed E-state index contributed by atoms with van der Waals surface area (Å²) in [7, 11) is 1.99. The van der Waals surface area contributed by atoms with Gasteiger partial charge < -0.3 is 28.5 Å². The molecule has 5 heterocycles. The molecule has 36 heavy (non-hydrogen) atoms. The van der Waals surface area contributed by atoms with Gasteiger partial charge in [0.1, 0.15) is 5.52 Å². The molecule has 1 aromatic carbocycles. The third-order valence-electron chi connectivity index (χ3n) is 6.19. The number of hydrogen-bond donors (Lipinski definition) is 1. The molecule has 6 rings (SSSR count). The Kier molecular flexibility index (Phi) is 6.63. The van der Waals surface area contributed by atoms with E-state index in [1.165, 1.54) is 17.4 Å². The molecular formula is C23H24F3N7O3. The lowest BCUT2D eigenvalue weighted by atomic mass is 10.1. The Morgan fingerprint density at radius 1 is 1.14 bits per heavy atom. The maximum atomic E-state index is 13.5. The van der Waals surface area contributed by atoms with E-state index in [2.05, 4.69) is 24.8 Å². The smallest absolute Gasteiger partial charge is 0.298 e. The van der Waals surface area contributed by atoms with Crippen LogP contribution in [0.4, 0.5) is 19.2 Å². The number of amides is 1. The van der Waals surface area contributed by atoms with Crippen molar-refractivity contribution in [2.75, 3.05) is 44.7 Å². The van der Waals surface area contributed by atoms with Crippen LogP contribution in [0.3, 0.4) is 0 Å². The summed E-state index contributed by atoms with van der Waals surface area (Å²) in [5, 5.41) is 0. The monoisotopic (exact) mass is 503 g/mol. The molecule has 1 amide bonds. The molecule has 13 heteroatoms. The average molecular weight is 503 g/mol. The van der Waals surface area contributed by atoms with E-state index in [0.29, 0.717) is 38.1 Å². The lowest BCUT2D eigenvalue weighted by Crippen LogP contribution is -2.44. The summed E-state index contributed by atoms with van der Waals surface area (Å²) in [6.07, 6.45) is 0.511. The van der Waals surface area contributed by atoms with Crippen LogP contribution in [-0.4, -0.2) is 75.4 Å². The minimum atomic E-state index is -2.87. The van der Waals surface area contributed by atoms with Crippen molar-refractivity contribution >= 4 is 23.0 Å². The molecule has 0 atom stereocenters. The number of para-hydroxylation sites is 1. The summed E-state index contributed by atoms with van der Waals surface area (Å²) < 4.78 is 49.9. The maximum Gasteiger partial charge on any atom is 0.298 e. The van der Waals surface area contributed by atoms with Gasteiger partial charge in [0.2, 0.25) is 5.76 Å². The van der Waals surface area contributed by atoms with E-state index in [1.807, 2.05) is 7.05 Å². The highest BCUT2D eigenvalue weighted by molar-refractivity contribution is 5.93. The predicted octanol–water partition coefficient (Wildman–Crippen LogP) is 3.25. The summed E-state index contributed by atoms with van der Waals surface area (Å²) in [4.78, 5) is 33.1. The minimum Gasteiger partial charge on any atom is -0.440 e. The van der Waals surface area contributed by atoms with E-state index in [9.17, 15) is 18.0 Å². The molecule has 10 nitrogen and oxygen atoms in total. The third-order valence-corrected chi connectivity index (χ3v) is 6.19. The van der Waals surface area contributed by atoms with E-state index >= 15 is 0 Å². The van der Waals surface area contributed by atoms with Crippen molar-refractivity contribution in [2.24, 2.45) is 0 Å². The highest BCUT2D eigenvalue weighted by Gasteiger charge is 2.33. The predicted molar refractivity (Wildman–Crippen MR) is 122 cm³/mol. The van der Waals surface area contributed by atoms with Crippen LogP contribution in [0.2, 0.25) is 0 Å². The number of benzene rings is 1. The topological polar surface area (TPSA) is 108 Å². The molecule has 0 bridgehead atoms. The summed E-state index contributed by atoms with van der Waals surface area (Å²) in [6.45, 7) is 3.50. The molecule has 0 aliphatic carbocycles. The van der Waals surface area contributed by atoms with E-state index in [4.69, 9.17) is 8.83 Å². The number of carbonyl (C=O) groups is 1. The fourth-order valence-electron chi connectivity index (χ4n) is 4.14. The molecule has 190 valence electrons. The molecule has 2 aliphatic heterocycles. The van der Waals surface area contributed by atoms with Crippen LogP contribution >= 0.6 is 0 Å². The molecule has 1 fully saturated rings. The van der Waals surface area contributed by atoms with E-state index in [1.54, 1.807) is 23.4 Å². The first kappa shape index (κ1) is 23.9. The Balaban J connectivity index is 0.000000222. The average Bonchev–Trinajstić information content (AvgIpc) is 3.63. The van der Waals surface area contributed by atoms with Gasteiger partial charge in [-0.15, -0.1) is 0 Å². The quantitative estimate of drug-likeness (QED) is 0.454. The van der Waals surface area contributed by atoms with Crippen molar-refractivity contribution in [3.05, 3.63) is 59.6 Å². The number of fused-ring (bicyclic) bond motifs is 2. The number of nitrogens with zero attached hydrogens (tertiary/aromatic N) is 6. The summed E-state index contributed by atoms with van der Waals surface area (Å²) >= 11 is 0. The van der Waals surface area contributed by atoms with Crippen molar-refractivity contribution < 1.29 is 26.8 Å². The first-order valence-electron chi connectivity index (χ1n) is 11.4. The van der Waals surface area contributed by atoms with Gasteiger partial charge in [0, 0.05) is 39.1 Å². The van der Waals surface area contributed by atoms with Crippen molar-refractivity contribution in [3.8, 4) is 0 Å². The number of oxazole rings is 2. The molecule has 2 aliphatic rings. The SMILES string of the molecule is CN1CCN(c2nc(C(F)F)c(C(=O)N3CCc4nc[nH]c4C3)o2)CC1.Fc1cccc2ncoc12. The van der Waals surface area contributed by atoms with Gasteiger partial charge in [0.05, 0.1) is 24.3 Å². The highest BCUT2D eigenvalue weighted by Crippen LogP contribution is 2.30. The van der Waals surface area contributed by atoms with Gasteiger partial charge in [-0.2, -0.15) is 4.98 Å². The Morgan fingerprint density at radius 3 is 2.69 bits per heavy atom. The summed E-state index contributed by atoms with van der Waals surface area (Å²) in [5.41, 5.74) is 1.92. The molecule has 0 spiro atoms. The summed E-state index contributed by atoms with van der Waals surface area (Å²) in [5.74, 6) is -1.29. The largest absolute Gasteiger partial charge is 0.440 e. The number of aromatic amines is 1.